The Bertz CT molecular complexity index is 337. The number of aromatic hydroxyl groups is 1. The van der Waals surface area contributed by atoms with Crippen LogP contribution in [0, 0.1) is 0 Å². The van der Waals surface area contributed by atoms with Crippen LogP contribution in [-0.2, 0) is 6.42 Å². The molecule has 0 aliphatic heterocycles. The van der Waals surface area contributed by atoms with Crippen molar-refractivity contribution in [3.63, 3.8) is 0 Å². The highest BCUT2D eigenvalue weighted by molar-refractivity contribution is 9.10. The third-order valence-corrected chi connectivity index (χ3v) is 3.10. The van der Waals surface area contributed by atoms with Crippen LogP contribution in [0.5, 0.6) is 11.5 Å². The van der Waals surface area contributed by atoms with Crippen LogP contribution in [0.2, 0.25) is 0 Å². The zero-order valence-electron chi connectivity index (χ0n) is 9.92. The van der Waals surface area contributed by atoms with Crippen LogP contribution in [0.3, 0.4) is 0 Å². The Kier molecular flexibility index (Phi) is 5.67. The highest BCUT2D eigenvalue weighted by Crippen LogP contribution is 2.34. The highest BCUT2D eigenvalue weighted by Gasteiger charge is 2.09. The topological polar surface area (TPSA) is 29.5 Å². The van der Waals surface area contributed by atoms with Gasteiger partial charge in [0.1, 0.15) is 0 Å². The molecule has 0 heterocycles. The summed E-state index contributed by atoms with van der Waals surface area (Å²) in [4.78, 5) is 0. The average molecular weight is 287 g/mol. The van der Waals surface area contributed by atoms with Crippen LogP contribution >= 0.6 is 15.9 Å². The second-order valence-electron chi connectivity index (χ2n) is 3.93. The van der Waals surface area contributed by atoms with E-state index in [1.165, 1.54) is 19.3 Å². The molecule has 2 nitrogen and oxygen atoms in total. The lowest BCUT2D eigenvalue weighted by Crippen LogP contribution is -1.91. The Labute approximate surface area is 106 Å². The van der Waals surface area contributed by atoms with Crippen molar-refractivity contribution in [1.29, 1.82) is 0 Å². The Morgan fingerprint density at radius 2 is 2.00 bits per heavy atom. The summed E-state index contributed by atoms with van der Waals surface area (Å²) in [5.41, 5.74) is 0.960. The minimum atomic E-state index is 0.280. The molecule has 0 unspecified atom stereocenters. The van der Waals surface area contributed by atoms with E-state index in [2.05, 4.69) is 22.9 Å². The summed E-state index contributed by atoms with van der Waals surface area (Å²) in [7, 11) is 1.57. The zero-order valence-corrected chi connectivity index (χ0v) is 11.5. The molecule has 0 atom stereocenters. The van der Waals surface area contributed by atoms with Gasteiger partial charge >= 0.3 is 0 Å². The molecule has 16 heavy (non-hydrogen) atoms. The summed E-state index contributed by atoms with van der Waals surface area (Å²) in [6.45, 7) is 2.19. The quantitative estimate of drug-likeness (QED) is 0.791. The van der Waals surface area contributed by atoms with Gasteiger partial charge in [-0.2, -0.15) is 0 Å². The Morgan fingerprint density at radius 1 is 1.25 bits per heavy atom. The molecule has 0 bridgehead atoms. The standard InChI is InChI=1S/C13H19BrO2/c1-3-4-5-6-7-10-8-11(14)9-12(16-2)13(10)15/h8-9,15H,3-7H2,1-2H3. The van der Waals surface area contributed by atoms with Crippen molar-refractivity contribution in [1.82, 2.24) is 0 Å². The van der Waals surface area contributed by atoms with Crippen LogP contribution in [0.1, 0.15) is 38.2 Å². The fourth-order valence-corrected chi connectivity index (χ4v) is 2.20. The number of aryl methyl sites for hydroxylation is 1. The third-order valence-electron chi connectivity index (χ3n) is 2.64. The fraction of sp³-hybridized carbons (Fsp3) is 0.538. The molecule has 0 saturated heterocycles. The van der Waals surface area contributed by atoms with Crippen molar-refractivity contribution >= 4 is 15.9 Å². The highest BCUT2D eigenvalue weighted by atomic mass is 79.9. The Morgan fingerprint density at radius 3 is 2.62 bits per heavy atom. The molecule has 1 rings (SSSR count). The van der Waals surface area contributed by atoms with Crippen LogP contribution in [0.4, 0.5) is 0 Å². The number of unbranched alkanes of at least 4 members (excludes halogenated alkanes) is 3. The summed E-state index contributed by atoms with van der Waals surface area (Å²) < 4.78 is 6.07. The lowest BCUT2D eigenvalue weighted by atomic mass is 10.0. The minimum absolute atomic E-state index is 0.280. The first-order chi connectivity index (χ1) is 7.69. The molecule has 1 aromatic carbocycles. The molecule has 1 aromatic rings. The van der Waals surface area contributed by atoms with Gasteiger partial charge in [-0.25, -0.2) is 0 Å². The molecule has 0 amide bonds. The molecule has 90 valence electrons. The first-order valence-corrected chi connectivity index (χ1v) is 6.53. The van der Waals surface area contributed by atoms with Crippen LogP contribution in [-0.4, -0.2) is 12.2 Å². The van der Waals surface area contributed by atoms with E-state index in [-0.39, 0.29) is 5.75 Å². The van der Waals surface area contributed by atoms with E-state index >= 15 is 0 Å². The predicted molar refractivity (Wildman–Crippen MR) is 70.2 cm³/mol. The first-order valence-electron chi connectivity index (χ1n) is 5.74. The van der Waals surface area contributed by atoms with Crippen molar-refractivity contribution in [3.05, 3.63) is 22.2 Å². The normalized spacial score (nSPS) is 10.4. The first kappa shape index (κ1) is 13.4. The molecule has 0 fully saturated rings. The van der Waals surface area contributed by atoms with E-state index in [1.54, 1.807) is 13.2 Å². The summed E-state index contributed by atoms with van der Waals surface area (Å²) in [5.74, 6) is 0.821. The summed E-state index contributed by atoms with van der Waals surface area (Å²) >= 11 is 3.42. The maximum atomic E-state index is 9.92. The van der Waals surface area contributed by atoms with E-state index < -0.39 is 0 Å². The molecule has 0 saturated carbocycles. The number of benzene rings is 1. The molecule has 1 N–H and O–H groups in total. The zero-order chi connectivity index (χ0) is 12.0. The predicted octanol–water partition coefficient (Wildman–Crippen LogP) is 4.29. The largest absolute Gasteiger partial charge is 0.504 e. The van der Waals surface area contributed by atoms with Crippen LogP contribution in [0.25, 0.3) is 0 Å². The van der Waals surface area contributed by atoms with E-state index in [0.717, 1.165) is 22.9 Å². The van der Waals surface area contributed by atoms with Gasteiger partial charge in [0.05, 0.1) is 7.11 Å². The smallest absolute Gasteiger partial charge is 0.161 e. The second kappa shape index (κ2) is 6.79. The second-order valence-corrected chi connectivity index (χ2v) is 4.84. The van der Waals surface area contributed by atoms with Gasteiger partial charge in [-0.1, -0.05) is 42.1 Å². The number of methoxy groups -OCH3 is 1. The molecule has 0 radical (unpaired) electrons. The van der Waals surface area contributed by atoms with Crippen molar-refractivity contribution < 1.29 is 9.84 Å². The maximum absolute atomic E-state index is 9.92. The molecule has 0 spiro atoms. The monoisotopic (exact) mass is 286 g/mol. The molecular weight excluding hydrogens is 268 g/mol. The molecular formula is C13H19BrO2. The molecule has 3 heteroatoms. The lowest BCUT2D eigenvalue weighted by Gasteiger charge is -2.09. The Balaban J connectivity index is 2.67. The summed E-state index contributed by atoms with van der Waals surface area (Å²) in [5, 5.41) is 9.92. The third kappa shape index (κ3) is 3.71. The number of hydrogen-bond donors (Lipinski definition) is 1. The SMILES string of the molecule is CCCCCCc1cc(Br)cc(OC)c1O. The van der Waals surface area contributed by atoms with Gasteiger partial charge < -0.3 is 9.84 Å². The number of phenolic OH excluding ortho intramolecular Hbond substituents is 1. The lowest BCUT2D eigenvalue weighted by molar-refractivity contribution is 0.370. The number of phenols is 1. The van der Waals surface area contributed by atoms with Crippen molar-refractivity contribution in [2.75, 3.05) is 7.11 Å². The average Bonchev–Trinajstić information content (AvgIpc) is 2.28. The molecule has 0 aliphatic rings. The minimum Gasteiger partial charge on any atom is -0.504 e. The van der Waals surface area contributed by atoms with Crippen molar-refractivity contribution in [3.8, 4) is 11.5 Å². The van der Waals surface area contributed by atoms with Crippen molar-refractivity contribution in [2.45, 2.75) is 39.0 Å². The van der Waals surface area contributed by atoms with Gasteiger partial charge in [0.25, 0.3) is 0 Å². The van der Waals surface area contributed by atoms with Gasteiger partial charge in [-0.05, 0) is 30.5 Å². The van der Waals surface area contributed by atoms with Gasteiger partial charge in [0.2, 0.25) is 0 Å². The number of halogens is 1. The van der Waals surface area contributed by atoms with Gasteiger partial charge in [0, 0.05) is 4.47 Å². The van der Waals surface area contributed by atoms with E-state index in [1.807, 2.05) is 6.07 Å². The number of rotatable bonds is 6. The van der Waals surface area contributed by atoms with Crippen molar-refractivity contribution in [2.24, 2.45) is 0 Å². The summed E-state index contributed by atoms with van der Waals surface area (Å²) in [6, 6.07) is 3.74. The summed E-state index contributed by atoms with van der Waals surface area (Å²) in [6.07, 6.45) is 5.72. The van der Waals surface area contributed by atoms with E-state index in [9.17, 15) is 5.11 Å². The number of ether oxygens (including phenoxy) is 1. The van der Waals surface area contributed by atoms with Gasteiger partial charge in [-0.15, -0.1) is 0 Å². The molecule has 0 aromatic heterocycles. The Hall–Kier alpha value is -0.700. The van der Waals surface area contributed by atoms with Crippen LogP contribution in [0.15, 0.2) is 16.6 Å². The van der Waals surface area contributed by atoms with E-state index in [4.69, 9.17) is 4.74 Å². The number of hydrogen-bond acceptors (Lipinski definition) is 2. The van der Waals surface area contributed by atoms with Crippen LogP contribution < -0.4 is 4.74 Å². The fourth-order valence-electron chi connectivity index (χ4n) is 1.72. The molecule has 0 aliphatic carbocycles. The van der Waals surface area contributed by atoms with Gasteiger partial charge in [-0.3, -0.25) is 0 Å². The van der Waals surface area contributed by atoms with Gasteiger partial charge in [0.15, 0.2) is 11.5 Å². The maximum Gasteiger partial charge on any atom is 0.161 e. The van der Waals surface area contributed by atoms with E-state index in [0.29, 0.717) is 5.75 Å².